The zero-order valence-corrected chi connectivity index (χ0v) is 14.6. The highest BCUT2D eigenvalue weighted by atomic mass is 35.5. The number of fused-ring (bicyclic) bond motifs is 1. The molecule has 0 atom stereocenters. The van der Waals surface area contributed by atoms with E-state index in [-0.39, 0.29) is 0 Å². The maximum atomic E-state index is 6.20. The summed E-state index contributed by atoms with van der Waals surface area (Å²) in [4.78, 5) is 3.55. The highest BCUT2D eigenvalue weighted by Gasteiger charge is 2.14. The summed E-state index contributed by atoms with van der Waals surface area (Å²) in [6, 6.07) is 12.3. The standard InChI is InChI=1S/C19H20Cl2N2/c1-12-5-8-18-15(10-12)14(4-2-3-9-22)19(23-18)13-6-7-16(20)17(21)11-13/h5-8,10-11,23H,2-4,9,22H2,1H3. The molecule has 0 amide bonds. The molecule has 0 unspecified atom stereocenters. The Morgan fingerprint density at radius 2 is 1.83 bits per heavy atom. The second-order valence-electron chi connectivity index (χ2n) is 5.90. The molecule has 23 heavy (non-hydrogen) atoms. The van der Waals surface area contributed by atoms with Crippen molar-refractivity contribution in [1.29, 1.82) is 0 Å². The summed E-state index contributed by atoms with van der Waals surface area (Å²) in [6.07, 6.45) is 3.10. The van der Waals surface area contributed by atoms with Crippen molar-refractivity contribution >= 4 is 34.1 Å². The van der Waals surface area contributed by atoms with Gasteiger partial charge in [-0.15, -0.1) is 0 Å². The Morgan fingerprint density at radius 3 is 2.57 bits per heavy atom. The van der Waals surface area contributed by atoms with Gasteiger partial charge in [0, 0.05) is 16.6 Å². The van der Waals surface area contributed by atoms with Gasteiger partial charge < -0.3 is 10.7 Å². The summed E-state index contributed by atoms with van der Waals surface area (Å²) in [5.74, 6) is 0. The van der Waals surface area contributed by atoms with Crippen LogP contribution in [0.5, 0.6) is 0 Å². The number of aromatic amines is 1. The van der Waals surface area contributed by atoms with Crippen LogP contribution in [-0.2, 0) is 6.42 Å². The third-order valence-electron chi connectivity index (χ3n) is 4.15. The molecule has 1 aromatic heterocycles. The van der Waals surface area contributed by atoms with Gasteiger partial charge in [0.1, 0.15) is 0 Å². The molecule has 0 saturated carbocycles. The number of hydrogen-bond acceptors (Lipinski definition) is 1. The van der Waals surface area contributed by atoms with Crippen LogP contribution in [0.1, 0.15) is 24.0 Å². The van der Waals surface area contributed by atoms with Gasteiger partial charge in [-0.05, 0) is 68.1 Å². The van der Waals surface area contributed by atoms with Crippen LogP contribution in [0.25, 0.3) is 22.2 Å². The number of H-pyrrole nitrogens is 1. The van der Waals surface area contributed by atoms with Crippen molar-refractivity contribution in [2.24, 2.45) is 5.73 Å². The minimum atomic E-state index is 0.576. The molecule has 120 valence electrons. The minimum absolute atomic E-state index is 0.576. The van der Waals surface area contributed by atoms with Gasteiger partial charge in [-0.3, -0.25) is 0 Å². The average molecular weight is 347 g/mol. The van der Waals surface area contributed by atoms with E-state index in [0.717, 1.165) is 42.6 Å². The van der Waals surface area contributed by atoms with Crippen molar-refractivity contribution in [2.45, 2.75) is 26.2 Å². The molecule has 3 aromatic rings. The first-order valence-corrected chi connectivity index (χ1v) is 8.62. The number of nitrogens with two attached hydrogens (primary N) is 1. The number of nitrogens with one attached hydrogen (secondary N) is 1. The summed E-state index contributed by atoms with van der Waals surface area (Å²) in [6.45, 7) is 2.85. The van der Waals surface area contributed by atoms with Crippen LogP contribution in [0.4, 0.5) is 0 Å². The highest BCUT2D eigenvalue weighted by Crippen LogP contribution is 2.35. The predicted molar refractivity (Wildman–Crippen MR) is 100 cm³/mol. The first-order chi connectivity index (χ1) is 11.1. The maximum absolute atomic E-state index is 6.20. The van der Waals surface area contributed by atoms with E-state index in [9.17, 15) is 0 Å². The first kappa shape index (κ1) is 16.4. The topological polar surface area (TPSA) is 41.8 Å². The molecule has 2 nitrogen and oxygen atoms in total. The van der Waals surface area contributed by atoms with Crippen LogP contribution in [0.15, 0.2) is 36.4 Å². The molecular formula is C19H20Cl2N2. The quantitative estimate of drug-likeness (QED) is 0.569. The molecule has 0 bridgehead atoms. The lowest BCUT2D eigenvalue weighted by molar-refractivity contribution is 0.748. The van der Waals surface area contributed by atoms with Gasteiger partial charge in [-0.1, -0.05) is 40.9 Å². The Balaban J connectivity index is 2.13. The zero-order chi connectivity index (χ0) is 16.4. The molecule has 3 N–H and O–H groups in total. The monoisotopic (exact) mass is 346 g/mol. The predicted octanol–water partition coefficient (Wildman–Crippen LogP) is 5.73. The first-order valence-electron chi connectivity index (χ1n) is 7.87. The summed E-state index contributed by atoms with van der Waals surface area (Å²) < 4.78 is 0. The van der Waals surface area contributed by atoms with Crippen LogP contribution >= 0.6 is 23.2 Å². The van der Waals surface area contributed by atoms with Gasteiger partial charge in [0.2, 0.25) is 0 Å². The fraction of sp³-hybridized carbons (Fsp3) is 0.263. The fourth-order valence-electron chi connectivity index (χ4n) is 2.97. The molecule has 0 fully saturated rings. The molecule has 3 rings (SSSR count). The molecule has 0 aliphatic carbocycles. The number of benzene rings is 2. The zero-order valence-electron chi connectivity index (χ0n) is 13.1. The molecule has 2 aromatic carbocycles. The van der Waals surface area contributed by atoms with E-state index in [1.165, 1.54) is 16.5 Å². The van der Waals surface area contributed by atoms with Crippen LogP contribution in [0.2, 0.25) is 10.0 Å². The van der Waals surface area contributed by atoms with E-state index in [1.807, 2.05) is 18.2 Å². The smallest absolute Gasteiger partial charge is 0.0599 e. The van der Waals surface area contributed by atoms with Gasteiger partial charge in [0.25, 0.3) is 0 Å². The molecule has 0 aliphatic rings. The lowest BCUT2D eigenvalue weighted by Gasteiger charge is -2.07. The van der Waals surface area contributed by atoms with Crippen molar-refractivity contribution in [3.05, 3.63) is 57.6 Å². The van der Waals surface area contributed by atoms with Crippen molar-refractivity contribution < 1.29 is 0 Å². The number of aromatic nitrogens is 1. The Labute approximate surface area is 146 Å². The lowest BCUT2D eigenvalue weighted by Crippen LogP contribution is -1.99. The van der Waals surface area contributed by atoms with E-state index < -0.39 is 0 Å². The number of unbranched alkanes of at least 4 members (excludes halogenated alkanes) is 1. The van der Waals surface area contributed by atoms with Crippen LogP contribution in [0, 0.1) is 6.92 Å². The summed E-state index contributed by atoms with van der Waals surface area (Å²) in [5.41, 5.74) is 11.6. The lowest BCUT2D eigenvalue weighted by atomic mass is 9.99. The maximum Gasteiger partial charge on any atom is 0.0599 e. The number of halogens is 2. The second kappa shape index (κ2) is 6.96. The third-order valence-corrected chi connectivity index (χ3v) is 4.89. The molecular weight excluding hydrogens is 327 g/mol. The number of rotatable bonds is 5. The Morgan fingerprint density at radius 1 is 1.00 bits per heavy atom. The third kappa shape index (κ3) is 3.40. The van der Waals surface area contributed by atoms with Crippen molar-refractivity contribution in [3.8, 4) is 11.3 Å². The van der Waals surface area contributed by atoms with Gasteiger partial charge in [0.05, 0.1) is 10.0 Å². The number of hydrogen-bond donors (Lipinski definition) is 2. The average Bonchev–Trinajstić information content (AvgIpc) is 2.88. The second-order valence-corrected chi connectivity index (χ2v) is 6.72. The normalized spacial score (nSPS) is 11.3. The molecule has 1 heterocycles. The minimum Gasteiger partial charge on any atom is -0.354 e. The summed E-state index contributed by atoms with van der Waals surface area (Å²) in [7, 11) is 0. The van der Waals surface area contributed by atoms with Crippen molar-refractivity contribution in [1.82, 2.24) is 4.98 Å². The van der Waals surface area contributed by atoms with Crippen LogP contribution in [-0.4, -0.2) is 11.5 Å². The Kier molecular flexibility index (Phi) is 4.96. The van der Waals surface area contributed by atoms with E-state index in [2.05, 4.69) is 30.1 Å². The molecule has 4 heteroatoms. The van der Waals surface area contributed by atoms with Crippen LogP contribution < -0.4 is 5.73 Å². The summed E-state index contributed by atoms with van der Waals surface area (Å²) >= 11 is 12.3. The molecule has 0 saturated heterocycles. The van der Waals surface area contributed by atoms with E-state index in [4.69, 9.17) is 28.9 Å². The van der Waals surface area contributed by atoms with Gasteiger partial charge >= 0.3 is 0 Å². The Bertz CT molecular complexity index is 837. The van der Waals surface area contributed by atoms with E-state index in [1.54, 1.807) is 0 Å². The fourth-order valence-corrected chi connectivity index (χ4v) is 3.26. The number of aryl methyl sites for hydroxylation is 2. The highest BCUT2D eigenvalue weighted by molar-refractivity contribution is 6.42. The largest absolute Gasteiger partial charge is 0.354 e. The SMILES string of the molecule is Cc1ccc2[nH]c(-c3ccc(Cl)c(Cl)c3)c(CCCCN)c2c1. The van der Waals surface area contributed by atoms with Gasteiger partial charge in [-0.25, -0.2) is 0 Å². The van der Waals surface area contributed by atoms with E-state index >= 15 is 0 Å². The summed E-state index contributed by atoms with van der Waals surface area (Å²) in [5, 5.41) is 2.43. The molecule has 0 radical (unpaired) electrons. The molecule has 0 spiro atoms. The van der Waals surface area contributed by atoms with Crippen molar-refractivity contribution in [2.75, 3.05) is 6.54 Å². The van der Waals surface area contributed by atoms with Crippen LogP contribution in [0.3, 0.4) is 0 Å². The van der Waals surface area contributed by atoms with E-state index in [0.29, 0.717) is 10.0 Å². The van der Waals surface area contributed by atoms with Gasteiger partial charge in [0.15, 0.2) is 0 Å². The van der Waals surface area contributed by atoms with Crippen molar-refractivity contribution in [3.63, 3.8) is 0 Å². The van der Waals surface area contributed by atoms with Gasteiger partial charge in [-0.2, -0.15) is 0 Å². The molecule has 0 aliphatic heterocycles. The Hall–Kier alpha value is -1.48.